The van der Waals surface area contributed by atoms with E-state index in [0.29, 0.717) is 29.8 Å². The van der Waals surface area contributed by atoms with Crippen molar-refractivity contribution in [3.05, 3.63) is 56.9 Å². The number of hydrogen-bond donors (Lipinski definition) is 2. The summed E-state index contributed by atoms with van der Waals surface area (Å²) in [4.78, 5) is 35.7. The van der Waals surface area contributed by atoms with Gasteiger partial charge in [-0.1, -0.05) is 6.92 Å². The summed E-state index contributed by atoms with van der Waals surface area (Å²) >= 11 is 0. The molecule has 1 fully saturated rings. The Kier molecular flexibility index (Phi) is 5.00. The van der Waals surface area contributed by atoms with Crippen LogP contribution >= 0.6 is 0 Å². The molecule has 9 heteroatoms. The Balaban J connectivity index is 1.47. The van der Waals surface area contributed by atoms with E-state index in [-0.39, 0.29) is 12.2 Å². The third-order valence-corrected chi connectivity index (χ3v) is 7.92. The topological polar surface area (TPSA) is 120 Å². The molecular formula is C26H30N6O3. The highest BCUT2D eigenvalue weighted by Gasteiger charge is 2.43. The van der Waals surface area contributed by atoms with Gasteiger partial charge in [0.15, 0.2) is 0 Å². The zero-order valence-electron chi connectivity index (χ0n) is 20.1. The Morgan fingerprint density at radius 1 is 1.14 bits per heavy atom. The smallest absolute Gasteiger partial charge is 0.331 e. The number of carbonyl (C=O) groups is 1. The van der Waals surface area contributed by atoms with Gasteiger partial charge in [-0.25, -0.2) is 9.78 Å². The van der Waals surface area contributed by atoms with E-state index in [1.165, 1.54) is 0 Å². The van der Waals surface area contributed by atoms with Gasteiger partial charge in [0.2, 0.25) is 0 Å². The first-order chi connectivity index (χ1) is 16.8. The maximum atomic E-state index is 13.4. The molecule has 3 aromatic rings. The molecule has 0 bridgehead atoms. The molecule has 5 heterocycles. The van der Waals surface area contributed by atoms with Crippen LogP contribution in [0.1, 0.15) is 35.6 Å². The second-order valence-electron chi connectivity index (χ2n) is 9.99. The lowest BCUT2D eigenvalue weighted by molar-refractivity contribution is -0.154. The van der Waals surface area contributed by atoms with E-state index in [4.69, 9.17) is 21.2 Å². The maximum absolute atomic E-state index is 13.4. The maximum Gasteiger partial charge on any atom is 0.331 e. The summed E-state index contributed by atoms with van der Waals surface area (Å²) in [6, 6.07) is 7.85. The van der Waals surface area contributed by atoms with Gasteiger partial charge in [0, 0.05) is 49.4 Å². The average molecular weight is 475 g/mol. The van der Waals surface area contributed by atoms with Crippen LogP contribution in [0, 0.1) is 0 Å². The number of nitrogens with zero attached hydrogens (tertiary/aromatic N) is 4. The van der Waals surface area contributed by atoms with Gasteiger partial charge >= 0.3 is 5.97 Å². The summed E-state index contributed by atoms with van der Waals surface area (Å²) in [5.41, 5.74) is 17.5. The molecule has 1 saturated heterocycles. The van der Waals surface area contributed by atoms with Gasteiger partial charge in [-0.3, -0.25) is 9.69 Å². The number of fused-ring (bicyclic) bond motifs is 5. The molecule has 1 atom stereocenters. The highest BCUT2D eigenvalue weighted by molar-refractivity contribution is 5.91. The van der Waals surface area contributed by atoms with Gasteiger partial charge < -0.3 is 25.7 Å². The Labute approximate surface area is 203 Å². The van der Waals surface area contributed by atoms with E-state index in [1.807, 2.05) is 25.1 Å². The van der Waals surface area contributed by atoms with E-state index in [0.717, 1.165) is 66.1 Å². The fraction of sp³-hybridized carbons (Fsp3) is 0.423. The van der Waals surface area contributed by atoms with Crippen LogP contribution in [0.2, 0.25) is 0 Å². The largest absolute Gasteiger partial charge is 0.459 e. The molecular weight excluding hydrogens is 444 g/mol. The van der Waals surface area contributed by atoms with Crippen molar-refractivity contribution in [3.63, 3.8) is 0 Å². The fourth-order valence-electron chi connectivity index (χ4n) is 5.57. The normalized spacial score (nSPS) is 22.1. The van der Waals surface area contributed by atoms with Crippen molar-refractivity contribution in [2.24, 2.45) is 5.73 Å². The summed E-state index contributed by atoms with van der Waals surface area (Å²) in [5, 5.41) is 1.02. The molecule has 0 spiro atoms. The van der Waals surface area contributed by atoms with Crippen LogP contribution in [-0.4, -0.2) is 58.5 Å². The molecule has 0 radical (unpaired) electrons. The minimum Gasteiger partial charge on any atom is -0.459 e. The molecule has 182 valence electrons. The lowest BCUT2D eigenvalue weighted by atomic mass is 9.83. The Morgan fingerprint density at radius 2 is 1.91 bits per heavy atom. The number of ether oxygens (including phenoxy) is 1. The van der Waals surface area contributed by atoms with Gasteiger partial charge in [0.1, 0.15) is 12.1 Å². The molecule has 1 aromatic carbocycles. The predicted molar refractivity (Wildman–Crippen MR) is 134 cm³/mol. The third kappa shape index (κ3) is 3.30. The van der Waals surface area contributed by atoms with Crippen molar-refractivity contribution in [3.8, 4) is 11.4 Å². The number of nitrogens with two attached hydrogens (primary N) is 2. The summed E-state index contributed by atoms with van der Waals surface area (Å²) in [6.45, 7) is 7.02. The number of hydrogen-bond acceptors (Lipinski definition) is 8. The van der Waals surface area contributed by atoms with Gasteiger partial charge in [-0.2, -0.15) is 0 Å². The second-order valence-corrected chi connectivity index (χ2v) is 9.99. The number of nitrogen functional groups attached to an aromatic ring is 1. The first-order valence-corrected chi connectivity index (χ1v) is 12.2. The molecule has 35 heavy (non-hydrogen) atoms. The number of aromatic nitrogens is 2. The first-order valence-electron chi connectivity index (χ1n) is 12.2. The van der Waals surface area contributed by atoms with Crippen LogP contribution in [0.4, 0.5) is 5.69 Å². The minimum absolute atomic E-state index is 0.0519. The Morgan fingerprint density at radius 3 is 2.66 bits per heavy atom. The van der Waals surface area contributed by atoms with Crippen molar-refractivity contribution in [1.82, 2.24) is 19.4 Å². The van der Waals surface area contributed by atoms with Crippen molar-refractivity contribution < 1.29 is 9.53 Å². The molecule has 6 rings (SSSR count). The highest BCUT2D eigenvalue weighted by Crippen LogP contribution is 2.38. The minimum atomic E-state index is -1.33. The molecule has 0 amide bonds. The van der Waals surface area contributed by atoms with E-state index in [9.17, 15) is 9.59 Å². The molecule has 3 aliphatic heterocycles. The molecule has 9 nitrogen and oxygen atoms in total. The molecule has 0 saturated carbocycles. The molecule has 0 unspecified atom stereocenters. The monoisotopic (exact) mass is 474 g/mol. The quantitative estimate of drug-likeness (QED) is 0.338. The number of esters is 1. The van der Waals surface area contributed by atoms with Crippen LogP contribution in [0.3, 0.4) is 0 Å². The summed E-state index contributed by atoms with van der Waals surface area (Å²) < 4.78 is 7.00. The van der Waals surface area contributed by atoms with Crippen molar-refractivity contribution in [2.45, 2.75) is 38.6 Å². The number of pyridine rings is 2. The molecule has 4 N–H and O–H groups in total. The number of likely N-dealkylation sites (N-methyl/N-ethyl adjacent to an activating group) is 1. The van der Waals surface area contributed by atoms with Crippen LogP contribution in [-0.2, 0) is 34.8 Å². The lowest BCUT2D eigenvalue weighted by Crippen LogP contribution is -2.50. The Hall–Kier alpha value is -3.27. The average Bonchev–Trinajstić information content (AvgIpc) is 3.21. The number of cyclic esters (lactones) is 1. The number of rotatable bonds is 3. The summed E-state index contributed by atoms with van der Waals surface area (Å²) in [7, 11) is 2.14. The number of anilines is 1. The molecule has 0 aliphatic carbocycles. The van der Waals surface area contributed by atoms with E-state index >= 15 is 0 Å². The number of carbonyl (C=O) groups excluding carboxylic acids is 1. The van der Waals surface area contributed by atoms with Crippen LogP contribution < -0.4 is 17.0 Å². The summed E-state index contributed by atoms with van der Waals surface area (Å²) in [5.74, 6) is -0.495. The SMILES string of the molecule is CC[C@@]1(N)C(=O)OCc2c1cc1n(c2=O)Cc2cc3c(CN4CCN(C)CC4)c(N)ccc3nc2-1. The van der Waals surface area contributed by atoms with Crippen molar-refractivity contribution >= 4 is 22.6 Å². The van der Waals surface area contributed by atoms with Gasteiger partial charge in [0.25, 0.3) is 5.56 Å². The number of benzene rings is 1. The highest BCUT2D eigenvalue weighted by atomic mass is 16.5. The Bertz CT molecular complexity index is 1440. The van der Waals surface area contributed by atoms with E-state index in [2.05, 4.69) is 22.9 Å². The number of piperazine rings is 1. The molecule has 3 aliphatic rings. The molecule has 2 aromatic heterocycles. The zero-order valence-corrected chi connectivity index (χ0v) is 20.1. The van der Waals surface area contributed by atoms with Crippen LogP contribution in [0.15, 0.2) is 29.1 Å². The van der Waals surface area contributed by atoms with Gasteiger partial charge in [-0.15, -0.1) is 0 Å². The standard InChI is InChI=1S/C26H30N6O3/c1-3-26(28)19-11-22-23-15(12-32(22)24(33)18(19)14-35-25(26)34)10-16-17(20(27)4-5-21(16)29-23)13-31-8-6-30(2)7-9-31/h4-5,10-11H,3,6-9,12-14,27-28H2,1-2H3/t26-/m0/s1. The van der Waals surface area contributed by atoms with Gasteiger partial charge in [-0.05, 0) is 48.9 Å². The van der Waals surface area contributed by atoms with E-state index < -0.39 is 11.5 Å². The van der Waals surface area contributed by atoms with E-state index in [1.54, 1.807) is 4.57 Å². The van der Waals surface area contributed by atoms with Crippen LogP contribution in [0.5, 0.6) is 0 Å². The second kappa shape index (κ2) is 7.87. The predicted octanol–water partition coefficient (Wildman–Crippen LogP) is 1.38. The van der Waals surface area contributed by atoms with Crippen molar-refractivity contribution in [1.29, 1.82) is 0 Å². The lowest BCUT2D eigenvalue weighted by Gasteiger charge is -2.33. The van der Waals surface area contributed by atoms with Gasteiger partial charge in [0.05, 0.1) is 29.0 Å². The van der Waals surface area contributed by atoms with Crippen LogP contribution in [0.25, 0.3) is 22.3 Å². The zero-order chi connectivity index (χ0) is 24.5. The third-order valence-electron chi connectivity index (χ3n) is 7.92. The summed E-state index contributed by atoms with van der Waals surface area (Å²) in [6.07, 6.45) is 0.342. The first kappa shape index (κ1) is 22.2. The fourth-order valence-corrected chi connectivity index (χ4v) is 5.57. The van der Waals surface area contributed by atoms with Crippen molar-refractivity contribution in [2.75, 3.05) is 39.0 Å².